The van der Waals surface area contributed by atoms with Gasteiger partial charge in [0.05, 0.1) is 0 Å². The lowest BCUT2D eigenvalue weighted by molar-refractivity contribution is 0.310. The highest BCUT2D eigenvalue weighted by Gasteiger charge is 2.05. The fraction of sp³-hybridized carbons (Fsp3) is 0.467. The van der Waals surface area contributed by atoms with Crippen molar-refractivity contribution in [2.75, 3.05) is 26.7 Å². The Hall–Kier alpha value is -1.12. The van der Waals surface area contributed by atoms with Gasteiger partial charge in [-0.3, -0.25) is 4.90 Å². The first-order chi connectivity index (χ1) is 8.31. The van der Waals surface area contributed by atoms with Crippen LogP contribution >= 0.6 is 0 Å². The highest BCUT2D eigenvalue weighted by Crippen LogP contribution is 2.12. The zero-order valence-electron chi connectivity index (χ0n) is 11.1. The number of likely N-dealkylation sites (N-methyl/N-ethyl adjacent to an activating group) is 2. The minimum atomic E-state index is 0.955. The number of nitrogens with zero attached hydrogens (tertiary/aromatic N) is 1. The maximum atomic E-state index is 3.81. The molecule has 94 valence electrons. The van der Waals surface area contributed by atoms with Crippen LogP contribution in [0, 0.1) is 0 Å². The SMILES string of the molecule is C=CCN(CC)Cc1ccccc1CCNC. The van der Waals surface area contributed by atoms with Crippen molar-refractivity contribution >= 4 is 0 Å². The molecule has 0 fully saturated rings. The average molecular weight is 232 g/mol. The summed E-state index contributed by atoms with van der Waals surface area (Å²) in [4.78, 5) is 2.39. The third-order valence-corrected chi connectivity index (χ3v) is 2.99. The maximum Gasteiger partial charge on any atom is 0.0239 e. The summed E-state index contributed by atoms with van der Waals surface area (Å²) in [5, 5.41) is 3.21. The average Bonchev–Trinajstić information content (AvgIpc) is 2.37. The van der Waals surface area contributed by atoms with Crippen LogP contribution in [0.3, 0.4) is 0 Å². The molecular formula is C15H24N2. The number of hydrogen-bond acceptors (Lipinski definition) is 2. The fourth-order valence-electron chi connectivity index (χ4n) is 1.94. The van der Waals surface area contributed by atoms with Gasteiger partial charge < -0.3 is 5.32 Å². The molecule has 0 unspecified atom stereocenters. The second-order valence-corrected chi connectivity index (χ2v) is 4.24. The van der Waals surface area contributed by atoms with Gasteiger partial charge in [-0.1, -0.05) is 37.3 Å². The van der Waals surface area contributed by atoms with Crippen LogP contribution in [0.5, 0.6) is 0 Å². The number of nitrogens with one attached hydrogen (secondary N) is 1. The molecule has 0 bridgehead atoms. The van der Waals surface area contributed by atoms with Crippen molar-refractivity contribution in [3.63, 3.8) is 0 Å². The Morgan fingerprint density at radius 2 is 2.00 bits per heavy atom. The molecule has 17 heavy (non-hydrogen) atoms. The minimum absolute atomic E-state index is 0.955. The number of rotatable bonds is 8. The van der Waals surface area contributed by atoms with E-state index in [1.165, 1.54) is 11.1 Å². The Balaban J connectivity index is 2.70. The van der Waals surface area contributed by atoms with Crippen LogP contribution in [0.15, 0.2) is 36.9 Å². The van der Waals surface area contributed by atoms with Gasteiger partial charge in [0.1, 0.15) is 0 Å². The van der Waals surface area contributed by atoms with E-state index in [-0.39, 0.29) is 0 Å². The molecule has 0 amide bonds. The normalized spacial score (nSPS) is 10.8. The summed E-state index contributed by atoms with van der Waals surface area (Å²) in [6.07, 6.45) is 3.07. The predicted molar refractivity (Wildman–Crippen MR) is 75.2 cm³/mol. The molecule has 0 atom stereocenters. The Morgan fingerprint density at radius 3 is 2.59 bits per heavy atom. The Bertz CT molecular complexity index is 333. The van der Waals surface area contributed by atoms with E-state index in [0.717, 1.165) is 32.6 Å². The summed E-state index contributed by atoms with van der Waals surface area (Å²) in [6, 6.07) is 8.71. The second-order valence-electron chi connectivity index (χ2n) is 4.24. The van der Waals surface area contributed by atoms with E-state index < -0.39 is 0 Å². The van der Waals surface area contributed by atoms with Crippen LogP contribution < -0.4 is 5.32 Å². The van der Waals surface area contributed by atoms with Gasteiger partial charge in [-0.15, -0.1) is 6.58 Å². The molecule has 0 aliphatic rings. The monoisotopic (exact) mass is 232 g/mol. The van der Waals surface area contributed by atoms with Crippen molar-refractivity contribution < 1.29 is 0 Å². The van der Waals surface area contributed by atoms with E-state index in [0.29, 0.717) is 0 Å². The first-order valence-electron chi connectivity index (χ1n) is 6.36. The van der Waals surface area contributed by atoms with Crippen LogP contribution in [-0.4, -0.2) is 31.6 Å². The van der Waals surface area contributed by atoms with Crippen molar-refractivity contribution in [1.82, 2.24) is 10.2 Å². The van der Waals surface area contributed by atoms with Gasteiger partial charge in [0.25, 0.3) is 0 Å². The molecule has 1 rings (SSSR count). The highest BCUT2D eigenvalue weighted by atomic mass is 15.1. The van der Waals surface area contributed by atoms with Crippen molar-refractivity contribution in [3.05, 3.63) is 48.0 Å². The Kier molecular flexibility index (Phi) is 6.60. The van der Waals surface area contributed by atoms with Crippen molar-refractivity contribution in [3.8, 4) is 0 Å². The predicted octanol–water partition coefficient (Wildman–Crippen LogP) is 2.46. The molecule has 0 saturated heterocycles. The Labute approximate surface area is 105 Å². The molecule has 0 aliphatic carbocycles. The molecule has 0 spiro atoms. The lowest BCUT2D eigenvalue weighted by atomic mass is 10.0. The van der Waals surface area contributed by atoms with Crippen LogP contribution in [0.2, 0.25) is 0 Å². The zero-order valence-corrected chi connectivity index (χ0v) is 11.1. The van der Waals surface area contributed by atoms with Gasteiger partial charge in [-0.25, -0.2) is 0 Å². The maximum absolute atomic E-state index is 3.81. The summed E-state index contributed by atoms with van der Waals surface area (Å²) in [7, 11) is 2.00. The number of hydrogen-bond donors (Lipinski definition) is 1. The molecular weight excluding hydrogens is 208 g/mol. The fourth-order valence-corrected chi connectivity index (χ4v) is 1.94. The van der Waals surface area contributed by atoms with Gasteiger partial charge >= 0.3 is 0 Å². The van der Waals surface area contributed by atoms with Crippen molar-refractivity contribution in [2.45, 2.75) is 19.9 Å². The third-order valence-electron chi connectivity index (χ3n) is 2.99. The molecule has 0 aromatic heterocycles. The molecule has 0 saturated carbocycles. The molecule has 1 aromatic carbocycles. The summed E-state index contributed by atoms with van der Waals surface area (Å²) in [6.45, 7) is 10.1. The summed E-state index contributed by atoms with van der Waals surface area (Å²) in [5.41, 5.74) is 2.89. The van der Waals surface area contributed by atoms with E-state index in [9.17, 15) is 0 Å². The lowest BCUT2D eigenvalue weighted by Crippen LogP contribution is -2.23. The molecule has 2 heteroatoms. The third kappa shape index (κ3) is 4.72. The van der Waals surface area contributed by atoms with Gasteiger partial charge in [0.15, 0.2) is 0 Å². The van der Waals surface area contributed by atoms with Crippen LogP contribution in [0.25, 0.3) is 0 Å². The smallest absolute Gasteiger partial charge is 0.0239 e. The lowest BCUT2D eigenvalue weighted by Gasteiger charge is -2.20. The van der Waals surface area contributed by atoms with E-state index in [2.05, 4.69) is 48.0 Å². The topological polar surface area (TPSA) is 15.3 Å². The summed E-state index contributed by atoms with van der Waals surface area (Å²) >= 11 is 0. The molecule has 0 heterocycles. The Morgan fingerprint density at radius 1 is 1.29 bits per heavy atom. The molecule has 2 nitrogen and oxygen atoms in total. The van der Waals surface area contributed by atoms with Gasteiger partial charge in [-0.2, -0.15) is 0 Å². The van der Waals surface area contributed by atoms with Crippen LogP contribution in [0.4, 0.5) is 0 Å². The van der Waals surface area contributed by atoms with E-state index >= 15 is 0 Å². The van der Waals surface area contributed by atoms with E-state index in [1.807, 2.05) is 13.1 Å². The molecule has 1 N–H and O–H groups in total. The summed E-state index contributed by atoms with van der Waals surface area (Å²) < 4.78 is 0. The quantitative estimate of drug-likeness (QED) is 0.693. The minimum Gasteiger partial charge on any atom is -0.319 e. The van der Waals surface area contributed by atoms with E-state index in [1.54, 1.807) is 0 Å². The summed E-state index contributed by atoms with van der Waals surface area (Å²) in [5.74, 6) is 0. The highest BCUT2D eigenvalue weighted by molar-refractivity contribution is 5.27. The van der Waals surface area contributed by atoms with Crippen molar-refractivity contribution in [1.29, 1.82) is 0 Å². The van der Waals surface area contributed by atoms with Crippen LogP contribution in [0.1, 0.15) is 18.1 Å². The van der Waals surface area contributed by atoms with Crippen molar-refractivity contribution in [2.24, 2.45) is 0 Å². The second kappa shape index (κ2) is 8.04. The molecule has 0 aliphatic heterocycles. The zero-order chi connectivity index (χ0) is 12.5. The first kappa shape index (κ1) is 13.9. The molecule has 1 aromatic rings. The first-order valence-corrected chi connectivity index (χ1v) is 6.36. The van der Waals surface area contributed by atoms with Gasteiger partial charge in [0, 0.05) is 13.1 Å². The van der Waals surface area contributed by atoms with E-state index in [4.69, 9.17) is 0 Å². The largest absolute Gasteiger partial charge is 0.319 e. The molecule has 0 radical (unpaired) electrons. The van der Waals surface area contributed by atoms with Crippen LogP contribution in [-0.2, 0) is 13.0 Å². The van der Waals surface area contributed by atoms with Gasteiger partial charge in [-0.05, 0) is 37.7 Å². The van der Waals surface area contributed by atoms with Gasteiger partial charge in [0.2, 0.25) is 0 Å². The standard InChI is InChI=1S/C15H24N2/c1-4-12-17(5-2)13-15-9-7-6-8-14(15)10-11-16-3/h4,6-9,16H,1,5,10-13H2,2-3H3. The number of benzene rings is 1.